The molecular formula is C26H31N5O2S. The van der Waals surface area contributed by atoms with Gasteiger partial charge in [-0.2, -0.15) is 0 Å². The molecule has 0 saturated carbocycles. The first kappa shape index (κ1) is 24.0. The molecular weight excluding hydrogens is 446 g/mol. The Labute approximate surface area is 205 Å². The standard InChI is InChI=1S/C26H31N5O2S/c1-3-33-23-11-9-22(10-12-23)31-24(21-14-16-27-17-15-21)29-30-26(31)34-19(2)25(32)28-18-13-20-7-5-4-6-8-20/h7,9-12,14-17,19H,3-6,8,13,18H2,1-2H3,(H,28,32). The SMILES string of the molecule is CCOc1ccc(-n2c(SC(C)C(=O)NCCC3=CCCCC3)nnc2-c2ccncc2)cc1. The normalized spacial score (nSPS) is 14.4. The van der Waals surface area contributed by atoms with E-state index in [1.807, 2.05) is 54.8 Å². The third kappa shape index (κ3) is 6.05. The van der Waals surface area contributed by atoms with Crippen LogP contribution in [0, 0.1) is 0 Å². The third-order valence-corrected chi connectivity index (χ3v) is 6.80. The average molecular weight is 478 g/mol. The van der Waals surface area contributed by atoms with E-state index in [0.29, 0.717) is 24.1 Å². The number of carbonyl (C=O) groups is 1. The van der Waals surface area contributed by atoms with Crippen LogP contribution in [0.1, 0.15) is 46.0 Å². The highest BCUT2D eigenvalue weighted by Gasteiger charge is 2.22. The number of pyridine rings is 1. The predicted octanol–water partition coefficient (Wildman–Crippen LogP) is 5.22. The van der Waals surface area contributed by atoms with Crippen LogP contribution in [-0.2, 0) is 4.79 Å². The highest BCUT2D eigenvalue weighted by Crippen LogP contribution is 2.31. The zero-order valence-corrected chi connectivity index (χ0v) is 20.6. The lowest BCUT2D eigenvalue weighted by atomic mass is 9.97. The van der Waals surface area contributed by atoms with Crippen LogP contribution >= 0.6 is 11.8 Å². The zero-order valence-electron chi connectivity index (χ0n) is 19.7. The molecule has 178 valence electrons. The van der Waals surface area contributed by atoms with E-state index < -0.39 is 0 Å². The Bertz CT molecular complexity index is 1110. The van der Waals surface area contributed by atoms with Crippen LogP contribution < -0.4 is 10.1 Å². The molecule has 1 N–H and O–H groups in total. The maximum Gasteiger partial charge on any atom is 0.233 e. The Kier molecular flexibility index (Phi) is 8.36. The van der Waals surface area contributed by atoms with Gasteiger partial charge in [-0.3, -0.25) is 14.3 Å². The summed E-state index contributed by atoms with van der Waals surface area (Å²) in [6, 6.07) is 11.6. The van der Waals surface area contributed by atoms with Crippen molar-refractivity contribution < 1.29 is 9.53 Å². The summed E-state index contributed by atoms with van der Waals surface area (Å²) in [5.74, 6) is 1.51. The second kappa shape index (κ2) is 11.8. The van der Waals surface area contributed by atoms with Gasteiger partial charge < -0.3 is 10.1 Å². The van der Waals surface area contributed by atoms with Crippen molar-refractivity contribution >= 4 is 17.7 Å². The highest BCUT2D eigenvalue weighted by molar-refractivity contribution is 8.00. The first-order valence-corrected chi connectivity index (χ1v) is 12.7. The monoisotopic (exact) mass is 477 g/mol. The molecule has 1 amide bonds. The maximum atomic E-state index is 12.8. The van der Waals surface area contributed by atoms with Crippen LogP contribution in [0.3, 0.4) is 0 Å². The molecule has 4 rings (SSSR count). The number of nitrogens with zero attached hydrogens (tertiary/aromatic N) is 4. The number of allylic oxidation sites excluding steroid dienone is 1. The van der Waals surface area contributed by atoms with Gasteiger partial charge in [0.05, 0.1) is 11.9 Å². The number of hydrogen-bond acceptors (Lipinski definition) is 6. The predicted molar refractivity (Wildman–Crippen MR) is 135 cm³/mol. The Hall–Kier alpha value is -3.13. The van der Waals surface area contributed by atoms with Gasteiger partial charge in [0.25, 0.3) is 0 Å². The quantitative estimate of drug-likeness (QED) is 0.319. The summed E-state index contributed by atoms with van der Waals surface area (Å²) >= 11 is 1.40. The average Bonchev–Trinajstić information content (AvgIpc) is 3.29. The molecule has 2 aromatic heterocycles. The Morgan fingerprint density at radius 1 is 1.15 bits per heavy atom. The number of benzene rings is 1. The largest absolute Gasteiger partial charge is 0.494 e. The summed E-state index contributed by atoms with van der Waals surface area (Å²) in [6.45, 7) is 5.15. The number of nitrogens with one attached hydrogen (secondary N) is 1. The minimum atomic E-state index is -0.309. The van der Waals surface area contributed by atoms with Gasteiger partial charge in [-0.1, -0.05) is 23.4 Å². The lowest BCUT2D eigenvalue weighted by Crippen LogP contribution is -2.32. The molecule has 7 nitrogen and oxygen atoms in total. The summed E-state index contributed by atoms with van der Waals surface area (Å²) in [5.41, 5.74) is 3.27. The Morgan fingerprint density at radius 3 is 2.65 bits per heavy atom. The van der Waals surface area contributed by atoms with Gasteiger partial charge in [0, 0.05) is 30.2 Å². The fourth-order valence-corrected chi connectivity index (χ4v) is 4.85. The molecule has 1 aliphatic carbocycles. The molecule has 1 aromatic carbocycles. The van der Waals surface area contributed by atoms with Crippen molar-refractivity contribution in [3.63, 3.8) is 0 Å². The highest BCUT2D eigenvalue weighted by atomic mass is 32.2. The van der Waals surface area contributed by atoms with Gasteiger partial charge in [0.2, 0.25) is 5.91 Å². The van der Waals surface area contributed by atoms with E-state index in [9.17, 15) is 4.79 Å². The van der Waals surface area contributed by atoms with E-state index in [1.165, 1.54) is 30.2 Å². The third-order valence-electron chi connectivity index (χ3n) is 5.76. The fourth-order valence-electron chi connectivity index (χ4n) is 3.96. The second-order valence-corrected chi connectivity index (χ2v) is 9.52. The molecule has 3 aromatic rings. The van der Waals surface area contributed by atoms with Crippen molar-refractivity contribution in [2.45, 2.75) is 56.4 Å². The zero-order chi connectivity index (χ0) is 23.8. The van der Waals surface area contributed by atoms with E-state index in [2.05, 4.69) is 26.6 Å². The van der Waals surface area contributed by atoms with Crippen molar-refractivity contribution in [2.24, 2.45) is 0 Å². The van der Waals surface area contributed by atoms with Crippen LogP contribution in [0.2, 0.25) is 0 Å². The minimum absolute atomic E-state index is 0.00751. The molecule has 0 bridgehead atoms. The minimum Gasteiger partial charge on any atom is -0.494 e. The van der Waals surface area contributed by atoms with Gasteiger partial charge >= 0.3 is 0 Å². The Balaban J connectivity index is 1.51. The van der Waals surface area contributed by atoms with E-state index >= 15 is 0 Å². The fraction of sp³-hybridized carbons (Fsp3) is 0.385. The number of amides is 1. The molecule has 2 heterocycles. The van der Waals surface area contributed by atoms with Crippen molar-refractivity contribution in [1.82, 2.24) is 25.1 Å². The summed E-state index contributed by atoms with van der Waals surface area (Å²) in [5, 5.41) is 12.3. The van der Waals surface area contributed by atoms with Gasteiger partial charge in [-0.15, -0.1) is 10.2 Å². The summed E-state index contributed by atoms with van der Waals surface area (Å²) in [6.07, 6.45) is 11.6. The Morgan fingerprint density at radius 2 is 1.94 bits per heavy atom. The van der Waals surface area contributed by atoms with E-state index in [4.69, 9.17) is 4.74 Å². The number of hydrogen-bond donors (Lipinski definition) is 1. The maximum absolute atomic E-state index is 12.8. The lowest BCUT2D eigenvalue weighted by molar-refractivity contribution is -0.120. The summed E-state index contributed by atoms with van der Waals surface area (Å²) < 4.78 is 7.57. The van der Waals surface area contributed by atoms with Gasteiger partial charge in [0.15, 0.2) is 11.0 Å². The smallest absolute Gasteiger partial charge is 0.233 e. The molecule has 1 aliphatic rings. The second-order valence-electron chi connectivity index (χ2n) is 8.21. The van der Waals surface area contributed by atoms with Crippen LogP contribution in [0.4, 0.5) is 0 Å². The number of carbonyl (C=O) groups excluding carboxylic acids is 1. The van der Waals surface area contributed by atoms with E-state index in [-0.39, 0.29) is 11.2 Å². The topological polar surface area (TPSA) is 81.9 Å². The van der Waals surface area contributed by atoms with Gasteiger partial charge in [-0.25, -0.2) is 0 Å². The summed E-state index contributed by atoms with van der Waals surface area (Å²) in [7, 11) is 0. The number of aromatic nitrogens is 4. The van der Waals surface area contributed by atoms with Crippen molar-refractivity contribution in [3.8, 4) is 22.8 Å². The van der Waals surface area contributed by atoms with Crippen LogP contribution in [0.15, 0.2) is 65.6 Å². The molecule has 0 fully saturated rings. The van der Waals surface area contributed by atoms with E-state index in [0.717, 1.165) is 36.3 Å². The molecule has 1 atom stereocenters. The molecule has 0 aliphatic heterocycles. The molecule has 0 saturated heterocycles. The molecule has 34 heavy (non-hydrogen) atoms. The van der Waals surface area contributed by atoms with Crippen molar-refractivity contribution in [1.29, 1.82) is 0 Å². The summed E-state index contributed by atoms with van der Waals surface area (Å²) in [4.78, 5) is 16.9. The van der Waals surface area contributed by atoms with Gasteiger partial charge in [0.1, 0.15) is 5.75 Å². The molecule has 0 radical (unpaired) electrons. The first-order chi connectivity index (χ1) is 16.7. The molecule has 1 unspecified atom stereocenters. The number of thioether (sulfide) groups is 1. The van der Waals surface area contributed by atoms with Crippen LogP contribution in [0.25, 0.3) is 17.1 Å². The lowest BCUT2D eigenvalue weighted by Gasteiger charge is -2.16. The van der Waals surface area contributed by atoms with Crippen LogP contribution in [-0.4, -0.2) is 44.1 Å². The molecule has 8 heteroatoms. The van der Waals surface area contributed by atoms with Crippen molar-refractivity contribution in [2.75, 3.05) is 13.2 Å². The van der Waals surface area contributed by atoms with Gasteiger partial charge in [-0.05, 0) is 82.3 Å². The van der Waals surface area contributed by atoms with Crippen molar-refractivity contribution in [3.05, 3.63) is 60.4 Å². The number of rotatable bonds is 10. The molecule has 0 spiro atoms. The van der Waals surface area contributed by atoms with E-state index in [1.54, 1.807) is 12.4 Å². The number of ether oxygens (including phenoxy) is 1. The first-order valence-electron chi connectivity index (χ1n) is 11.9. The van der Waals surface area contributed by atoms with Crippen LogP contribution in [0.5, 0.6) is 5.75 Å².